The lowest BCUT2D eigenvalue weighted by molar-refractivity contribution is 0.289. The van der Waals surface area contributed by atoms with Crippen LogP contribution in [-0.2, 0) is 6.54 Å². The van der Waals surface area contributed by atoms with Crippen LogP contribution < -0.4 is 9.64 Å². The lowest BCUT2D eigenvalue weighted by Gasteiger charge is -2.24. The monoisotopic (exact) mass is 279 g/mol. The molecule has 0 aliphatic rings. The van der Waals surface area contributed by atoms with Gasteiger partial charge in [-0.2, -0.15) is 0 Å². The van der Waals surface area contributed by atoms with E-state index in [0.717, 1.165) is 11.4 Å². The first-order valence-corrected chi connectivity index (χ1v) is 6.46. The summed E-state index contributed by atoms with van der Waals surface area (Å²) >= 11 is 0. The normalized spacial score (nSPS) is 10.6. The third kappa shape index (κ3) is 3.51. The van der Waals surface area contributed by atoms with Gasteiger partial charge in [-0.1, -0.05) is 0 Å². The van der Waals surface area contributed by atoms with Crippen LogP contribution in [0.3, 0.4) is 0 Å². The first-order valence-electron chi connectivity index (χ1n) is 6.46. The number of hydrogen-bond acceptors (Lipinski definition) is 4. The molecule has 2 rings (SSSR count). The highest BCUT2D eigenvalue weighted by molar-refractivity contribution is 5.50. The predicted molar refractivity (Wildman–Crippen MR) is 74.4 cm³/mol. The molecule has 108 valence electrons. The van der Waals surface area contributed by atoms with Gasteiger partial charge in [-0.3, -0.25) is 0 Å². The van der Waals surface area contributed by atoms with Crippen LogP contribution in [0.4, 0.5) is 10.1 Å². The Bertz CT molecular complexity index is 528. The Hall–Kier alpha value is -2.01. The summed E-state index contributed by atoms with van der Waals surface area (Å²) in [6, 6.07) is 8.50. The summed E-state index contributed by atoms with van der Waals surface area (Å²) in [4.78, 5) is 1.96. The maximum absolute atomic E-state index is 13.8. The Balaban J connectivity index is 2.18. The van der Waals surface area contributed by atoms with Crippen LogP contribution in [0.5, 0.6) is 5.75 Å². The van der Waals surface area contributed by atoms with Crippen LogP contribution in [0.25, 0.3) is 0 Å². The number of aliphatic hydroxyl groups excluding tert-OH is 1. The van der Waals surface area contributed by atoms with E-state index in [2.05, 4.69) is 0 Å². The van der Waals surface area contributed by atoms with Gasteiger partial charge in [0, 0.05) is 24.9 Å². The molecular weight excluding hydrogens is 261 g/mol. The number of furan rings is 1. The van der Waals surface area contributed by atoms with E-state index < -0.39 is 5.82 Å². The van der Waals surface area contributed by atoms with Gasteiger partial charge in [-0.15, -0.1) is 0 Å². The molecule has 1 aromatic heterocycles. The van der Waals surface area contributed by atoms with E-state index in [1.807, 2.05) is 17.0 Å². The van der Waals surface area contributed by atoms with Crippen molar-refractivity contribution in [1.29, 1.82) is 0 Å². The molecular formula is C15H18FNO3. The summed E-state index contributed by atoms with van der Waals surface area (Å²) in [6.07, 6.45) is 2.21. The molecule has 20 heavy (non-hydrogen) atoms. The van der Waals surface area contributed by atoms with Gasteiger partial charge in [0.2, 0.25) is 0 Å². The van der Waals surface area contributed by atoms with Gasteiger partial charge in [-0.25, -0.2) is 4.39 Å². The second-order valence-corrected chi connectivity index (χ2v) is 4.40. The van der Waals surface area contributed by atoms with Crippen molar-refractivity contribution in [1.82, 2.24) is 0 Å². The van der Waals surface area contributed by atoms with Crippen molar-refractivity contribution in [3.63, 3.8) is 0 Å². The molecule has 2 aromatic rings. The first-order chi connectivity index (χ1) is 9.74. The molecule has 0 amide bonds. The van der Waals surface area contributed by atoms with Crippen LogP contribution in [0, 0.1) is 5.82 Å². The van der Waals surface area contributed by atoms with E-state index in [1.54, 1.807) is 18.4 Å². The second-order valence-electron chi connectivity index (χ2n) is 4.40. The van der Waals surface area contributed by atoms with Crippen molar-refractivity contribution in [2.24, 2.45) is 0 Å². The molecule has 0 saturated carbocycles. The average Bonchev–Trinajstić information content (AvgIpc) is 2.96. The Labute approximate surface area is 117 Å². The molecule has 5 heteroatoms. The topological polar surface area (TPSA) is 45.8 Å². The number of halogens is 1. The van der Waals surface area contributed by atoms with Crippen LogP contribution in [-0.4, -0.2) is 25.4 Å². The summed E-state index contributed by atoms with van der Waals surface area (Å²) in [7, 11) is 1.43. The van der Waals surface area contributed by atoms with E-state index in [-0.39, 0.29) is 12.4 Å². The second kappa shape index (κ2) is 6.96. The number of rotatable bonds is 7. The minimum Gasteiger partial charge on any atom is -0.494 e. The quantitative estimate of drug-likeness (QED) is 0.846. The molecule has 0 atom stereocenters. The largest absolute Gasteiger partial charge is 0.494 e. The van der Waals surface area contributed by atoms with E-state index in [0.29, 0.717) is 19.5 Å². The third-order valence-electron chi connectivity index (χ3n) is 3.01. The fourth-order valence-electron chi connectivity index (χ4n) is 2.00. The Kier molecular flexibility index (Phi) is 5.01. The number of benzene rings is 1. The maximum atomic E-state index is 13.8. The minimum atomic E-state index is -0.404. The molecule has 1 aromatic carbocycles. The molecule has 0 unspecified atom stereocenters. The van der Waals surface area contributed by atoms with Gasteiger partial charge < -0.3 is 19.2 Å². The minimum absolute atomic E-state index is 0.0906. The number of nitrogens with zero attached hydrogens (tertiary/aromatic N) is 1. The van der Waals surface area contributed by atoms with Crippen molar-refractivity contribution < 1.29 is 18.7 Å². The molecule has 0 saturated heterocycles. The Morgan fingerprint density at radius 3 is 2.80 bits per heavy atom. The van der Waals surface area contributed by atoms with Crippen molar-refractivity contribution in [2.75, 3.05) is 25.2 Å². The van der Waals surface area contributed by atoms with Crippen molar-refractivity contribution in [2.45, 2.75) is 13.0 Å². The molecule has 0 aliphatic carbocycles. The highest BCUT2D eigenvalue weighted by Gasteiger charge is 2.12. The molecule has 0 fully saturated rings. The number of ether oxygens (including phenoxy) is 1. The molecule has 1 heterocycles. The number of anilines is 1. The zero-order valence-corrected chi connectivity index (χ0v) is 11.4. The predicted octanol–water partition coefficient (Wildman–Crippen LogP) is 2.82. The molecule has 0 bridgehead atoms. The van der Waals surface area contributed by atoms with Gasteiger partial charge >= 0.3 is 0 Å². The zero-order chi connectivity index (χ0) is 14.4. The van der Waals surface area contributed by atoms with E-state index in [9.17, 15) is 4.39 Å². The first kappa shape index (κ1) is 14.4. The van der Waals surface area contributed by atoms with Crippen molar-refractivity contribution in [3.05, 3.63) is 48.2 Å². The Morgan fingerprint density at radius 2 is 2.20 bits per heavy atom. The maximum Gasteiger partial charge on any atom is 0.167 e. The lowest BCUT2D eigenvalue weighted by atomic mass is 10.2. The molecule has 0 aliphatic heterocycles. The smallest absolute Gasteiger partial charge is 0.167 e. The highest BCUT2D eigenvalue weighted by atomic mass is 19.1. The highest BCUT2D eigenvalue weighted by Crippen LogP contribution is 2.25. The van der Waals surface area contributed by atoms with Gasteiger partial charge in [0.1, 0.15) is 5.76 Å². The Morgan fingerprint density at radius 1 is 1.35 bits per heavy atom. The summed E-state index contributed by atoms with van der Waals surface area (Å²) in [6.45, 7) is 1.23. The SMILES string of the molecule is COc1ccc(N(CCCO)Cc2ccco2)cc1F. The number of aliphatic hydroxyl groups is 1. The number of hydrogen-bond donors (Lipinski definition) is 1. The molecule has 4 nitrogen and oxygen atoms in total. The van der Waals surface area contributed by atoms with Crippen LogP contribution in [0.1, 0.15) is 12.2 Å². The van der Waals surface area contributed by atoms with Crippen LogP contribution >= 0.6 is 0 Å². The lowest BCUT2D eigenvalue weighted by Crippen LogP contribution is -2.24. The van der Waals surface area contributed by atoms with E-state index in [4.69, 9.17) is 14.3 Å². The summed E-state index contributed by atoms with van der Waals surface area (Å²) in [5, 5.41) is 8.98. The molecule has 0 spiro atoms. The van der Waals surface area contributed by atoms with Crippen LogP contribution in [0.15, 0.2) is 41.0 Å². The average molecular weight is 279 g/mol. The van der Waals surface area contributed by atoms with Gasteiger partial charge in [0.25, 0.3) is 0 Å². The molecule has 1 N–H and O–H groups in total. The van der Waals surface area contributed by atoms with Crippen molar-refractivity contribution >= 4 is 5.69 Å². The van der Waals surface area contributed by atoms with Gasteiger partial charge in [0.15, 0.2) is 11.6 Å². The van der Waals surface area contributed by atoms with Gasteiger partial charge in [-0.05, 0) is 30.7 Å². The number of methoxy groups -OCH3 is 1. The standard InChI is InChI=1S/C15H18FNO3/c1-19-15-6-5-12(10-14(15)16)17(7-3-8-18)11-13-4-2-9-20-13/h2,4-6,9-10,18H,3,7-8,11H2,1H3. The zero-order valence-electron chi connectivity index (χ0n) is 11.4. The third-order valence-corrected chi connectivity index (χ3v) is 3.01. The van der Waals surface area contributed by atoms with E-state index >= 15 is 0 Å². The fraction of sp³-hybridized carbons (Fsp3) is 0.333. The fourth-order valence-corrected chi connectivity index (χ4v) is 2.00. The van der Waals surface area contributed by atoms with E-state index in [1.165, 1.54) is 13.2 Å². The van der Waals surface area contributed by atoms with Gasteiger partial charge in [0.05, 0.1) is 19.9 Å². The van der Waals surface area contributed by atoms with Crippen LogP contribution in [0.2, 0.25) is 0 Å². The van der Waals surface area contributed by atoms with Crippen molar-refractivity contribution in [3.8, 4) is 5.75 Å². The summed E-state index contributed by atoms with van der Waals surface area (Å²) in [5.41, 5.74) is 0.730. The summed E-state index contributed by atoms with van der Waals surface area (Å²) < 4.78 is 24.0. The molecule has 0 radical (unpaired) electrons. The summed E-state index contributed by atoms with van der Waals surface area (Å²) in [5.74, 6) is 0.603.